The zero-order valence-electron chi connectivity index (χ0n) is 15.0. The van der Waals surface area contributed by atoms with Gasteiger partial charge < -0.3 is 18.8 Å². The topological polar surface area (TPSA) is 52.7 Å². The lowest BCUT2D eigenvalue weighted by molar-refractivity contribution is -0.933. The third-order valence-corrected chi connectivity index (χ3v) is 6.66. The Labute approximate surface area is 153 Å². The molecule has 0 spiro atoms. The van der Waals surface area contributed by atoms with E-state index >= 15 is 0 Å². The second-order valence-electron chi connectivity index (χ2n) is 7.31. The van der Waals surface area contributed by atoms with E-state index in [1.807, 2.05) is 17.8 Å². The molecule has 0 amide bonds. The van der Waals surface area contributed by atoms with Crippen LogP contribution in [0.15, 0.2) is 28.0 Å². The van der Waals surface area contributed by atoms with Crippen LogP contribution >= 0.6 is 11.8 Å². The van der Waals surface area contributed by atoms with Crippen LogP contribution in [0.25, 0.3) is 0 Å². The van der Waals surface area contributed by atoms with E-state index in [9.17, 15) is 0 Å². The Balaban J connectivity index is 1.37. The smallest absolute Gasteiger partial charge is 0.191 e. The minimum atomic E-state index is 0.432. The first-order valence-corrected chi connectivity index (χ1v) is 10.5. The number of nitrogens with one attached hydrogen (secondary N) is 2. The third kappa shape index (κ3) is 3.93. The van der Waals surface area contributed by atoms with Gasteiger partial charge in [0.2, 0.25) is 0 Å². The molecule has 7 heteroatoms. The second-order valence-corrected chi connectivity index (χ2v) is 8.38. The molecule has 0 aliphatic carbocycles. The highest BCUT2D eigenvalue weighted by Gasteiger charge is 2.34. The normalized spacial score (nSPS) is 24.4. The largest absolute Gasteiger partial charge is 0.463 e. The van der Waals surface area contributed by atoms with Crippen LogP contribution in [0.4, 0.5) is 0 Å². The number of rotatable bonds is 7. The van der Waals surface area contributed by atoms with Gasteiger partial charge in [-0.2, -0.15) is 0 Å². The van der Waals surface area contributed by atoms with Crippen molar-refractivity contribution in [3.63, 3.8) is 0 Å². The molecule has 4 heterocycles. The lowest BCUT2D eigenvalue weighted by Crippen LogP contribution is -3.10. The van der Waals surface area contributed by atoms with Crippen LogP contribution in [0, 0.1) is 0 Å². The lowest BCUT2D eigenvalue weighted by atomic mass is 10.2. The van der Waals surface area contributed by atoms with E-state index in [2.05, 4.69) is 27.9 Å². The van der Waals surface area contributed by atoms with E-state index in [-0.39, 0.29) is 0 Å². The third-order valence-electron chi connectivity index (χ3n) is 5.64. The summed E-state index contributed by atoms with van der Waals surface area (Å²) in [5.41, 5.74) is 0. The summed E-state index contributed by atoms with van der Waals surface area (Å²) in [5, 5.41) is 10.1. The average molecular weight is 364 g/mol. The van der Waals surface area contributed by atoms with E-state index in [4.69, 9.17) is 4.42 Å². The van der Waals surface area contributed by atoms with Crippen LogP contribution < -0.4 is 9.80 Å². The van der Waals surface area contributed by atoms with E-state index in [0.29, 0.717) is 6.04 Å². The molecule has 2 fully saturated rings. The molecule has 4 rings (SSSR count). The Morgan fingerprint density at radius 3 is 2.92 bits per heavy atom. The molecule has 2 aromatic heterocycles. The zero-order chi connectivity index (χ0) is 17.1. The molecule has 2 N–H and O–H groups in total. The Morgan fingerprint density at radius 2 is 2.12 bits per heavy atom. The summed E-state index contributed by atoms with van der Waals surface area (Å²) in [6, 6.07) is 4.47. The van der Waals surface area contributed by atoms with E-state index in [1.54, 1.807) is 16.1 Å². The van der Waals surface area contributed by atoms with Crippen molar-refractivity contribution in [1.82, 2.24) is 14.8 Å². The number of aromatic nitrogens is 3. The number of likely N-dealkylation sites (tertiary alicyclic amines) is 2. The quantitative estimate of drug-likeness (QED) is 0.685. The molecule has 0 radical (unpaired) electrons. The van der Waals surface area contributed by atoms with Gasteiger partial charge in [0.1, 0.15) is 12.6 Å². The zero-order valence-corrected chi connectivity index (χ0v) is 15.9. The van der Waals surface area contributed by atoms with Crippen molar-refractivity contribution in [2.24, 2.45) is 7.05 Å². The summed E-state index contributed by atoms with van der Waals surface area (Å²) < 4.78 is 7.77. The van der Waals surface area contributed by atoms with Gasteiger partial charge in [0.15, 0.2) is 16.7 Å². The van der Waals surface area contributed by atoms with E-state index < -0.39 is 0 Å². The van der Waals surface area contributed by atoms with Gasteiger partial charge in [-0.05, 0) is 12.1 Å². The monoisotopic (exact) mass is 363 g/mol. The van der Waals surface area contributed by atoms with Gasteiger partial charge in [0.25, 0.3) is 0 Å². The summed E-state index contributed by atoms with van der Waals surface area (Å²) in [5.74, 6) is 3.33. The molecule has 1 unspecified atom stereocenters. The van der Waals surface area contributed by atoms with Crippen molar-refractivity contribution < 1.29 is 14.2 Å². The van der Waals surface area contributed by atoms with E-state index in [0.717, 1.165) is 29.0 Å². The molecule has 2 atom stereocenters. The maximum absolute atomic E-state index is 5.55. The van der Waals surface area contributed by atoms with Gasteiger partial charge in [-0.25, -0.2) is 0 Å². The number of thioether (sulfide) groups is 1. The van der Waals surface area contributed by atoms with Crippen LogP contribution in [-0.4, -0.2) is 46.7 Å². The van der Waals surface area contributed by atoms with Crippen LogP contribution in [0.1, 0.15) is 43.3 Å². The van der Waals surface area contributed by atoms with Gasteiger partial charge in [-0.3, -0.25) is 0 Å². The molecule has 136 valence electrons. The first-order valence-electron chi connectivity index (χ1n) is 9.54. The Bertz CT molecular complexity index is 665. The second kappa shape index (κ2) is 7.93. The van der Waals surface area contributed by atoms with Gasteiger partial charge in [-0.1, -0.05) is 11.8 Å². The molecular weight excluding hydrogens is 334 g/mol. The molecule has 25 heavy (non-hydrogen) atoms. The summed E-state index contributed by atoms with van der Waals surface area (Å²) >= 11 is 1.86. The number of hydrogen-bond donors (Lipinski definition) is 2. The van der Waals surface area contributed by atoms with Gasteiger partial charge in [0, 0.05) is 32.7 Å². The van der Waals surface area contributed by atoms with Crippen molar-refractivity contribution in [3.8, 4) is 0 Å². The summed E-state index contributed by atoms with van der Waals surface area (Å²) in [7, 11) is 2.13. The number of quaternary nitrogens is 2. The standard InChI is InChI=1S/C18H27N5OS/c1-21-17(16-7-4-10-23(16)14-15-6-5-12-24-15)19-20-18(21)25-13-11-22-8-2-3-9-22/h5-6,12,16H,2-4,7-11,13-14H2,1H3/p+2/t16-/m0/s1. The van der Waals surface area contributed by atoms with Crippen LogP contribution in [0.2, 0.25) is 0 Å². The highest BCUT2D eigenvalue weighted by molar-refractivity contribution is 7.99. The number of furan rings is 1. The van der Waals surface area contributed by atoms with E-state index in [1.165, 1.54) is 51.9 Å². The minimum Gasteiger partial charge on any atom is -0.463 e. The van der Waals surface area contributed by atoms with Crippen molar-refractivity contribution in [1.29, 1.82) is 0 Å². The molecule has 2 aliphatic heterocycles. The molecular formula is C18H29N5OS+2. The molecule has 2 aliphatic rings. The molecule has 0 saturated carbocycles. The maximum atomic E-state index is 5.55. The molecule has 2 aromatic rings. The highest BCUT2D eigenvalue weighted by atomic mass is 32.2. The predicted molar refractivity (Wildman–Crippen MR) is 96.7 cm³/mol. The Morgan fingerprint density at radius 1 is 1.24 bits per heavy atom. The minimum absolute atomic E-state index is 0.432. The van der Waals surface area contributed by atoms with Crippen molar-refractivity contribution >= 4 is 11.8 Å². The van der Waals surface area contributed by atoms with Crippen LogP contribution in [0.5, 0.6) is 0 Å². The van der Waals surface area contributed by atoms with Crippen LogP contribution in [0.3, 0.4) is 0 Å². The summed E-state index contributed by atoms with van der Waals surface area (Å²) in [6.07, 6.45) is 6.98. The predicted octanol–water partition coefficient (Wildman–Crippen LogP) is 0.0989. The lowest BCUT2D eigenvalue weighted by Gasteiger charge is -2.19. The maximum Gasteiger partial charge on any atom is 0.191 e. The van der Waals surface area contributed by atoms with Crippen molar-refractivity contribution in [2.45, 2.75) is 43.4 Å². The highest BCUT2D eigenvalue weighted by Crippen LogP contribution is 2.22. The fourth-order valence-corrected chi connectivity index (χ4v) is 5.20. The molecule has 6 nitrogen and oxygen atoms in total. The molecule has 0 aromatic carbocycles. The fourth-order valence-electron chi connectivity index (χ4n) is 4.24. The first kappa shape index (κ1) is 17.1. The van der Waals surface area contributed by atoms with Gasteiger partial charge in [-0.15, -0.1) is 10.2 Å². The summed E-state index contributed by atoms with van der Waals surface area (Å²) in [6.45, 7) is 6.05. The first-order chi connectivity index (χ1) is 12.3. The Kier molecular flexibility index (Phi) is 5.43. The van der Waals surface area contributed by atoms with Gasteiger partial charge >= 0.3 is 0 Å². The average Bonchev–Trinajstić information content (AvgIpc) is 3.38. The molecule has 0 bridgehead atoms. The van der Waals surface area contributed by atoms with Crippen LogP contribution in [-0.2, 0) is 13.6 Å². The van der Waals surface area contributed by atoms with Crippen molar-refractivity contribution in [3.05, 3.63) is 30.0 Å². The Hall–Kier alpha value is -1.31. The van der Waals surface area contributed by atoms with Crippen molar-refractivity contribution in [2.75, 3.05) is 31.9 Å². The SMILES string of the molecule is Cn1c(SCC[NH+]2CCCC2)nnc1[C@@H]1CCC[NH+]1Cc1ccco1. The number of hydrogen-bond acceptors (Lipinski definition) is 4. The molecule has 2 saturated heterocycles. The van der Waals surface area contributed by atoms with Gasteiger partial charge in [0.05, 0.1) is 38.2 Å². The fraction of sp³-hybridized carbons (Fsp3) is 0.667. The summed E-state index contributed by atoms with van der Waals surface area (Å²) in [4.78, 5) is 3.29. The number of nitrogens with zero attached hydrogens (tertiary/aromatic N) is 3.